The van der Waals surface area contributed by atoms with Gasteiger partial charge in [0.1, 0.15) is 17.6 Å². The zero-order valence-corrected chi connectivity index (χ0v) is 23.0. The van der Waals surface area contributed by atoms with Gasteiger partial charge in [0.25, 0.3) is 5.91 Å². The van der Waals surface area contributed by atoms with Crippen LogP contribution in [0.25, 0.3) is 10.8 Å². The lowest BCUT2D eigenvalue weighted by Gasteiger charge is -2.32. The number of amides is 2. The number of nitrogens with one attached hydrogen (secondary N) is 1. The van der Waals surface area contributed by atoms with Crippen LogP contribution in [-0.4, -0.2) is 35.4 Å². The van der Waals surface area contributed by atoms with Crippen LogP contribution >= 0.6 is 15.9 Å². The minimum absolute atomic E-state index is 0.0726. The Bertz CT molecular complexity index is 1410. The second-order valence-corrected chi connectivity index (χ2v) is 10.2. The summed E-state index contributed by atoms with van der Waals surface area (Å²) < 4.78 is 21.4. The number of ether oxygens (including phenoxy) is 1. The molecule has 0 saturated heterocycles. The van der Waals surface area contributed by atoms with E-state index in [-0.39, 0.29) is 31.5 Å². The second kappa shape index (κ2) is 12.7. The summed E-state index contributed by atoms with van der Waals surface area (Å²) in [5.74, 6) is -0.658. The largest absolute Gasteiger partial charge is 0.483 e. The van der Waals surface area contributed by atoms with E-state index in [1.165, 1.54) is 11.0 Å². The van der Waals surface area contributed by atoms with Crippen molar-refractivity contribution >= 4 is 38.5 Å². The van der Waals surface area contributed by atoms with E-state index < -0.39 is 17.8 Å². The van der Waals surface area contributed by atoms with Gasteiger partial charge < -0.3 is 15.0 Å². The monoisotopic (exact) mass is 576 g/mol. The molecule has 0 heterocycles. The predicted molar refractivity (Wildman–Crippen MR) is 151 cm³/mol. The number of nitrogens with zero attached hydrogens (tertiary/aromatic N) is 1. The first-order valence-electron chi connectivity index (χ1n) is 12.5. The molecule has 4 aromatic rings. The van der Waals surface area contributed by atoms with Gasteiger partial charge in [0.05, 0.1) is 4.47 Å². The first-order valence-corrected chi connectivity index (χ1v) is 13.3. The highest BCUT2D eigenvalue weighted by Gasteiger charge is 2.31. The summed E-state index contributed by atoms with van der Waals surface area (Å²) in [7, 11) is 0. The second-order valence-electron chi connectivity index (χ2n) is 9.37. The number of hydrogen-bond acceptors (Lipinski definition) is 3. The molecule has 196 valence electrons. The molecule has 38 heavy (non-hydrogen) atoms. The minimum Gasteiger partial charge on any atom is -0.483 e. The summed E-state index contributed by atoms with van der Waals surface area (Å²) >= 11 is 3.59. The molecule has 0 aliphatic heterocycles. The Kier molecular flexibility index (Phi) is 9.13. The molecule has 0 saturated carbocycles. The van der Waals surface area contributed by atoms with Gasteiger partial charge in [-0.25, -0.2) is 4.39 Å². The molecule has 0 aromatic heterocycles. The Morgan fingerprint density at radius 3 is 2.34 bits per heavy atom. The zero-order chi connectivity index (χ0) is 27.1. The van der Waals surface area contributed by atoms with Crippen molar-refractivity contribution in [2.75, 3.05) is 6.61 Å². The Labute approximate surface area is 230 Å². The summed E-state index contributed by atoms with van der Waals surface area (Å²) in [6, 6.07) is 26.3. The van der Waals surface area contributed by atoms with Crippen LogP contribution in [0.3, 0.4) is 0 Å². The van der Waals surface area contributed by atoms with Crippen LogP contribution in [0.1, 0.15) is 25.0 Å². The van der Waals surface area contributed by atoms with Crippen LogP contribution in [0.4, 0.5) is 4.39 Å². The molecule has 0 unspecified atom stereocenters. The third-order valence-corrected chi connectivity index (χ3v) is 7.00. The third kappa shape index (κ3) is 6.78. The molecule has 0 fully saturated rings. The molecule has 2 amide bonds. The van der Waals surface area contributed by atoms with E-state index in [2.05, 4.69) is 21.2 Å². The highest BCUT2D eigenvalue weighted by Crippen LogP contribution is 2.33. The smallest absolute Gasteiger partial charge is 0.261 e. The number of rotatable bonds is 10. The number of carbonyl (C=O) groups excluding carboxylic acids is 2. The first kappa shape index (κ1) is 27.3. The van der Waals surface area contributed by atoms with Crippen molar-refractivity contribution in [2.45, 2.75) is 38.9 Å². The third-order valence-electron chi connectivity index (χ3n) is 6.18. The van der Waals surface area contributed by atoms with Gasteiger partial charge in [-0.3, -0.25) is 9.59 Å². The Morgan fingerprint density at radius 2 is 1.61 bits per heavy atom. The lowest BCUT2D eigenvalue weighted by atomic mass is 10.0. The fourth-order valence-electron chi connectivity index (χ4n) is 4.29. The highest BCUT2D eigenvalue weighted by molar-refractivity contribution is 9.10. The van der Waals surface area contributed by atoms with Crippen LogP contribution in [-0.2, 0) is 22.6 Å². The van der Waals surface area contributed by atoms with E-state index in [9.17, 15) is 14.0 Å². The van der Waals surface area contributed by atoms with E-state index in [1.807, 2.05) is 74.5 Å². The normalized spacial score (nSPS) is 11.8. The number of benzene rings is 4. The van der Waals surface area contributed by atoms with E-state index in [0.717, 1.165) is 20.8 Å². The molecule has 0 aliphatic carbocycles. The van der Waals surface area contributed by atoms with E-state index in [1.54, 1.807) is 24.3 Å². The minimum atomic E-state index is -0.865. The topological polar surface area (TPSA) is 58.6 Å². The fraction of sp³-hybridized carbons (Fsp3) is 0.226. The van der Waals surface area contributed by atoms with Crippen LogP contribution in [0, 0.1) is 5.82 Å². The SMILES string of the molecule is CC(C)NC(=O)[C@@H](Cc1ccccc1)N(Cc1ccccc1F)C(=O)COc1ccc2ccccc2c1Br. The molecule has 0 aliphatic rings. The summed E-state index contributed by atoms with van der Waals surface area (Å²) in [6.45, 7) is 3.34. The Morgan fingerprint density at radius 1 is 0.921 bits per heavy atom. The molecule has 4 aromatic carbocycles. The van der Waals surface area contributed by atoms with Crippen molar-refractivity contribution in [1.29, 1.82) is 0 Å². The maximum absolute atomic E-state index is 14.7. The molecule has 0 bridgehead atoms. The summed E-state index contributed by atoms with van der Waals surface area (Å²) in [5, 5.41) is 4.92. The van der Waals surface area contributed by atoms with Gasteiger partial charge in [0.2, 0.25) is 5.91 Å². The van der Waals surface area contributed by atoms with Crippen molar-refractivity contribution in [2.24, 2.45) is 0 Å². The maximum Gasteiger partial charge on any atom is 0.261 e. The first-order chi connectivity index (χ1) is 18.3. The summed E-state index contributed by atoms with van der Waals surface area (Å²) in [4.78, 5) is 28.5. The van der Waals surface area contributed by atoms with Gasteiger partial charge in [-0.2, -0.15) is 0 Å². The standard InChI is InChI=1S/C31H30BrFN2O3/c1-21(2)34-31(37)27(18-22-10-4-3-5-11-22)35(19-24-13-7-9-15-26(24)33)29(36)20-38-28-17-16-23-12-6-8-14-25(23)30(28)32/h3-17,21,27H,18-20H2,1-2H3,(H,34,37)/t27-/m1/s1. The van der Waals surface area contributed by atoms with Crippen LogP contribution in [0.2, 0.25) is 0 Å². The molecule has 0 radical (unpaired) electrons. The van der Waals surface area contributed by atoms with Gasteiger partial charge in [0.15, 0.2) is 6.61 Å². The Hall–Kier alpha value is -3.71. The van der Waals surface area contributed by atoms with Crippen molar-refractivity contribution < 1.29 is 18.7 Å². The van der Waals surface area contributed by atoms with Gasteiger partial charge in [-0.05, 0) is 58.2 Å². The molecule has 7 heteroatoms. The van der Waals surface area contributed by atoms with Crippen LogP contribution < -0.4 is 10.1 Å². The van der Waals surface area contributed by atoms with Crippen LogP contribution in [0.5, 0.6) is 5.75 Å². The van der Waals surface area contributed by atoms with Crippen molar-refractivity contribution in [3.8, 4) is 5.75 Å². The highest BCUT2D eigenvalue weighted by atomic mass is 79.9. The van der Waals surface area contributed by atoms with Gasteiger partial charge in [0, 0.05) is 24.6 Å². The molecule has 4 rings (SSSR count). The number of carbonyl (C=O) groups is 2. The molecule has 0 spiro atoms. The quantitative estimate of drug-likeness (QED) is 0.241. The lowest BCUT2D eigenvalue weighted by Crippen LogP contribution is -2.53. The number of fused-ring (bicyclic) bond motifs is 1. The lowest BCUT2D eigenvalue weighted by molar-refractivity contribution is -0.143. The average Bonchev–Trinajstić information content (AvgIpc) is 2.91. The van der Waals surface area contributed by atoms with Crippen molar-refractivity contribution in [3.05, 3.63) is 112 Å². The molecule has 5 nitrogen and oxygen atoms in total. The molecular weight excluding hydrogens is 547 g/mol. The number of halogens is 2. The van der Waals surface area contributed by atoms with E-state index in [4.69, 9.17) is 4.74 Å². The predicted octanol–water partition coefficient (Wildman–Crippen LogP) is 6.28. The Balaban J connectivity index is 1.65. The van der Waals surface area contributed by atoms with Crippen LogP contribution in [0.15, 0.2) is 95.5 Å². The van der Waals surface area contributed by atoms with Crippen molar-refractivity contribution in [3.63, 3.8) is 0 Å². The molecular formula is C31H30BrFN2O3. The summed E-state index contributed by atoms with van der Waals surface area (Å²) in [5.41, 5.74) is 1.21. The van der Waals surface area contributed by atoms with Gasteiger partial charge in [-0.1, -0.05) is 78.9 Å². The van der Waals surface area contributed by atoms with E-state index >= 15 is 0 Å². The van der Waals surface area contributed by atoms with Crippen molar-refractivity contribution in [1.82, 2.24) is 10.2 Å². The maximum atomic E-state index is 14.7. The zero-order valence-electron chi connectivity index (χ0n) is 21.4. The average molecular weight is 577 g/mol. The van der Waals surface area contributed by atoms with Gasteiger partial charge in [-0.15, -0.1) is 0 Å². The fourth-order valence-corrected chi connectivity index (χ4v) is 4.90. The number of hydrogen-bond donors (Lipinski definition) is 1. The van der Waals surface area contributed by atoms with Gasteiger partial charge >= 0.3 is 0 Å². The summed E-state index contributed by atoms with van der Waals surface area (Å²) in [6.07, 6.45) is 0.277. The molecule has 1 atom stereocenters. The van der Waals surface area contributed by atoms with E-state index in [0.29, 0.717) is 11.3 Å². The molecule has 1 N–H and O–H groups in total.